The maximum Gasteiger partial charge on any atom is 0.331 e. The molecule has 0 aromatic heterocycles. The van der Waals surface area contributed by atoms with Gasteiger partial charge in [0.05, 0.1) is 42.9 Å². The Morgan fingerprint density at radius 3 is 2.48 bits per heavy atom. The minimum atomic E-state index is -0.534. The van der Waals surface area contributed by atoms with Crippen LogP contribution in [0.1, 0.15) is 5.56 Å². The smallest absolute Gasteiger partial charge is 0.331 e. The molecule has 2 aliphatic rings. The predicted octanol–water partition coefficient (Wildman–Crippen LogP) is 2.07. The van der Waals surface area contributed by atoms with Crippen LogP contribution in [0.4, 0.5) is 0 Å². The maximum absolute atomic E-state index is 12.9. The summed E-state index contributed by atoms with van der Waals surface area (Å²) in [5, 5.41) is 0.855. The van der Waals surface area contributed by atoms with Gasteiger partial charge in [0, 0.05) is 19.2 Å². The molecule has 132 valence electrons. The highest BCUT2D eigenvalue weighted by Crippen LogP contribution is 2.45. The van der Waals surface area contributed by atoms with E-state index < -0.39 is 5.97 Å². The number of ketones is 1. The van der Waals surface area contributed by atoms with E-state index in [0.717, 1.165) is 16.3 Å². The molecule has 2 aliphatic heterocycles. The number of thioether (sulfide) groups is 1. The van der Waals surface area contributed by atoms with Crippen LogP contribution in [0.15, 0.2) is 40.3 Å². The van der Waals surface area contributed by atoms with Crippen LogP contribution >= 0.6 is 11.8 Å². The fourth-order valence-electron chi connectivity index (χ4n) is 2.68. The van der Waals surface area contributed by atoms with Crippen molar-refractivity contribution in [3.05, 3.63) is 45.8 Å². The lowest BCUT2D eigenvalue weighted by molar-refractivity contribution is -0.135. The fourth-order valence-corrected chi connectivity index (χ4v) is 3.87. The second-order valence-corrected chi connectivity index (χ2v) is 6.50. The van der Waals surface area contributed by atoms with E-state index in [1.54, 1.807) is 7.11 Å². The van der Waals surface area contributed by atoms with Gasteiger partial charge in [-0.3, -0.25) is 4.79 Å². The third-order valence-corrected chi connectivity index (χ3v) is 5.18. The molecule has 0 amide bonds. The highest BCUT2D eigenvalue weighted by molar-refractivity contribution is 8.08. The van der Waals surface area contributed by atoms with Crippen molar-refractivity contribution in [1.82, 2.24) is 4.90 Å². The first kappa shape index (κ1) is 17.6. The van der Waals surface area contributed by atoms with Crippen molar-refractivity contribution in [1.29, 1.82) is 0 Å². The average molecular weight is 361 g/mol. The number of Topliss-reactive ketones (excluding diaryl/α,β-unsaturated/α-hetero) is 1. The zero-order valence-corrected chi connectivity index (χ0v) is 14.9. The minimum Gasteiger partial charge on any atom is -0.497 e. The Labute approximate surface area is 150 Å². The lowest BCUT2D eigenvalue weighted by Crippen LogP contribution is -2.34. The van der Waals surface area contributed by atoms with Gasteiger partial charge in [-0.1, -0.05) is 23.9 Å². The largest absolute Gasteiger partial charge is 0.497 e. The number of methoxy groups -OCH3 is 2. The molecule has 0 atom stereocenters. The van der Waals surface area contributed by atoms with E-state index in [-0.39, 0.29) is 5.78 Å². The fraction of sp³-hybridized carbons (Fsp3) is 0.333. The average Bonchev–Trinajstić information content (AvgIpc) is 2.98. The zero-order valence-electron chi connectivity index (χ0n) is 14.1. The van der Waals surface area contributed by atoms with Gasteiger partial charge in [-0.15, -0.1) is 0 Å². The quantitative estimate of drug-likeness (QED) is 0.601. The van der Waals surface area contributed by atoms with Crippen molar-refractivity contribution < 1.29 is 23.8 Å². The normalized spacial score (nSPS) is 19.5. The lowest BCUT2D eigenvalue weighted by Gasteiger charge is -2.29. The molecule has 25 heavy (non-hydrogen) atoms. The molecule has 1 fully saturated rings. The van der Waals surface area contributed by atoms with Crippen molar-refractivity contribution >= 4 is 29.1 Å². The molecule has 0 N–H and O–H groups in total. The first-order valence-electron chi connectivity index (χ1n) is 7.87. The van der Waals surface area contributed by atoms with Crippen LogP contribution in [-0.2, 0) is 19.1 Å². The standard InChI is InChI=1S/C18H19NO5S/c1-22-13-5-3-12(4-6-13)16-17(21)14(11-15(20)23-2)25-18(16)19-7-9-24-10-8-19/h3-6,11H,7-10H2,1-2H3. The molecule has 0 aliphatic carbocycles. The summed E-state index contributed by atoms with van der Waals surface area (Å²) >= 11 is 1.31. The summed E-state index contributed by atoms with van der Waals surface area (Å²) in [7, 11) is 2.89. The number of esters is 1. The summed E-state index contributed by atoms with van der Waals surface area (Å²) in [6, 6.07) is 7.35. The summed E-state index contributed by atoms with van der Waals surface area (Å²) in [5.41, 5.74) is 1.40. The Hall–Kier alpha value is -2.25. The molecule has 7 heteroatoms. The molecule has 0 spiro atoms. The Balaban J connectivity index is 2.00. The number of hydrogen-bond donors (Lipinski definition) is 0. The topological polar surface area (TPSA) is 65.1 Å². The molecule has 0 saturated carbocycles. The maximum atomic E-state index is 12.9. The molecule has 0 radical (unpaired) electrons. The third-order valence-electron chi connectivity index (χ3n) is 4.00. The number of morpholine rings is 1. The van der Waals surface area contributed by atoms with E-state index in [2.05, 4.69) is 9.64 Å². The van der Waals surface area contributed by atoms with Gasteiger partial charge in [-0.2, -0.15) is 0 Å². The van der Waals surface area contributed by atoms with E-state index in [0.29, 0.717) is 36.8 Å². The van der Waals surface area contributed by atoms with Crippen LogP contribution in [0.25, 0.3) is 5.57 Å². The predicted molar refractivity (Wildman–Crippen MR) is 95.0 cm³/mol. The number of carbonyl (C=O) groups is 2. The molecule has 0 bridgehead atoms. The Kier molecular flexibility index (Phi) is 5.45. The van der Waals surface area contributed by atoms with Gasteiger partial charge >= 0.3 is 5.97 Å². The van der Waals surface area contributed by atoms with E-state index in [9.17, 15) is 9.59 Å². The number of hydrogen-bond acceptors (Lipinski definition) is 7. The van der Waals surface area contributed by atoms with Gasteiger partial charge in [0.15, 0.2) is 0 Å². The van der Waals surface area contributed by atoms with E-state index >= 15 is 0 Å². The van der Waals surface area contributed by atoms with Gasteiger partial charge in [0.25, 0.3) is 0 Å². The van der Waals surface area contributed by atoms with E-state index in [1.807, 2.05) is 24.3 Å². The monoisotopic (exact) mass is 361 g/mol. The van der Waals surface area contributed by atoms with Crippen molar-refractivity contribution in [2.45, 2.75) is 0 Å². The number of ether oxygens (including phenoxy) is 3. The van der Waals surface area contributed by atoms with Gasteiger partial charge in [0.1, 0.15) is 5.75 Å². The third kappa shape index (κ3) is 3.72. The minimum absolute atomic E-state index is 0.165. The Bertz CT molecular complexity index is 732. The molecular weight excluding hydrogens is 342 g/mol. The Morgan fingerprint density at radius 2 is 1.88 bits per heavy atom. The second kappa shape index (κ2) is 7.76. The lowest BCUT2D eigenvalue weighted by atomic mass is 10.0. The highest BCUT2D eigenvalue weighted by Gasteiger charge is 2.34. The molecular formula is C18H19NO5S. The van der Waals surface area contributed by atoms with E-state index in [4.69, 9.17) is 9.47 Å². The van der Waals surface area contributed by atoms with Gasteiger partial charge in [-0.25, -0.2) is 4.79 Å². The molecule has 2 heterocycles. The van der Waals surface area contributed by atoms with Crippen molar-refractivity contribution in [3.63, 3.8) is 0 Å². The highest BCUT2D eigenvalue weighted by atomic mass is 32.2. The van der Waals surface area contributed by atoms with Crippen molar-refractivity contribution in [2.24, 2.45) is 0 Å². The second-order valence-electron chi connectivity index (χ2n) is 5.47. The van der Waals surface area contributed by atoms with Gasteiger partial charge in [0.2, 0.25) is 5.78 Å². The van der Waals surface area contributed by atoms with Crippen molar-refractivity contribution in [3.8, 4) is 5.75 Å². The molecule has 6 nitrogen and oxygen atoms in total. The number of nitrogens with zero attached hydrogens (tertiary/aromatic N) is 1. The summed E-state index contributed by atoms with van der Waals surface area (Å²) in [6.45, 7) is 2.65. The van der Waals surface area contributed by atoms with Gasteiger partial charge < -0.3 is 19.1 Å². The molecule has 1 aromatic carbocycles. The molecule has 3 rings (SSSR count). The number of rotatable bonds is 4. The molecule has 1 aromatic rings. The summed E-state index contributed by atoms with van der Waals surface area (Å²) < 4.78 is 15.2. The van der Waals surface area contributed by atoms with Crippen LogP contribution in [0, 0.1) is 0 Å². The molecule has 1 saturated heterocycles. The number of benzene rings is 1. The summed E-state index contributed by atoms with van der Waals surface area (Å²) in [5.74, 6) is 0.0240. The molecule has 0 unspecified atom stereocenters. The van der Waals surface area contributed by atoms with Crippen LogP contribution < -0.4 is 4.74 Å². The van der Waals surface area contributed by atoms with Crippen molar-refractivity contribution in [2.75, 3.05) is 40.5 Å². The van der Waals surface area contributed by atoms with Gasteiger partial charge in [-0.05, 0) is 17.7 Å². The first-order chi connectivity index (χ1) is 12.1. The Morgan fingerprint density at radius 1 is 1.20 bits per heavy atom. The van der Waals surface area contributed by atoms with Crippen LogP contribution in [0.5, 0.6) is 5.75 Å². The zero-order chi connectivity index (χ0) is 17.8. The van der Waals surface area contributed by atoms with Crippen LogP contribution in [0.2, 0.25) is 0 Å². The van der Waals surface area contributed by atoms with Crippen LogP contribution in [-0.4, -0.2) is 57.2 Å². The summed E-state index contributed by atoms with van der Waals surface area (Å²) in [6.07, 6.45) is 1.25. The number of carbonyl (C=O) groups excluding carboxylic acids is 2. The SMILES string of the molecule is COC(=O)C=C1SC(N2CCOCC2)=C(c2ccc(OC)cc2)C1=O. The van der Waals surface area contributed by atoms with E-state index in [1.165, 1.54) is 24.9 Å². The first-order valence-corrected chi connectivity index (χ1v) is 8.69. The summed E-state index contributed by atoms with van der Waals surface area (Å²) in [4.78, 5) is 27.0. The van der Waals surface area contributed by atoms with Crippen LogP contribution in [0.3, 0.4) is 0 Å². The number of allylic oxidation sites excluding steroid dienone is 2.